The van der Waals surface area contributed by atoms with Gasteiger partial charge in [0, 0.05) is 0 Å². The fourth-order valence-electron chi connectivity index (χ4n) is 3.18. The predicted octanol–water partition coefficient (Wildman–Crippen LogP) is 6.84. The number of carboxylic acids is 1. The molecule has 0 aromatic heterocycles. The SMILES string of the molecule is C=CCOC(=O)CC(CC/C=C/CCCCCCCCCCCCC)C(=O)O. The van der Waals surface area contributed by atoms with E-state index in [0.717, 1.165) is 6.42 Å². The maximum Gasteiger partial charge on any atom is 0.307 e. The Kier molecular flexibility index (Phi) is 19.0. The van der Waals surface area contributed by atoms with Gasteiger partial charge in [0.25, 0.3) is 0 Å². The number of hydrogen-bond acceptors (Lipinski definition) is 3. The largest absolute Gasteiger partial charge is 0.481 e. The van der Waals surface area contributed by atoms with E-state index in [0.29, 0.717) is 12.8 Å². The van der Waals surface area contributed by atoms with E-state index in [9.17, 15) is 14.7 Å². The summed E-state index contributed by atoms with van der Waals surface area (Å²) in [7, 11) is 0. The van der Waals surface area contributed by atoms with Gasteiger partial charge in [-0.3, -0.25) is 9.59 Å². The number of carboxylic acid groups (broad SMARTS) is 1. The van der Waals surface area contributed by atoms with Gasteiger partial charge in [-0.2, -0.15) is 0 Å². The summed E-state index contributed by atoms with van der Waals surface area (Å²) in [4.78, 5) is 22.8. The van der Waals surface area contributed by atoms with Crippen LogP contribution >= 0.6 is 0 Å². The van der Waals surface area contributed by atoms with E-state index in [1.54, 1.807) is 0 Å². The highest BCUT2D eigenvalue weighted by molar-refractivity contribution is 5.78. The van der Waals surface area contributed by atoms with Gasteiger partial charge in [-0.1, -0.05) is 95.9 Å². The van der Waals surface area contributed by atoms with Crippen LogP contribution in [0, 0.1) is 5.92 Å². The van der Waals surface area contributed by atoms with Crippen molar-refractivity contribution in [3.05, 3.63) is 24.8 Å². The molecule has 28 heavy (non-hydrogen) atoms. The Bertz CT molecular complexity index is 428. The van der Waals surface area contributed by atoms with Crippen LogP contribution in [0.4, 0.5) is 0 Å². The van der Waals surface area contributed by atoms with Crippen molar-refractivity contribution in [1.82, 2.24) is 0 Å². The first-order valence-corrected chi connectivity index (χ1v) is 11.3. The molecule has 0 aromatic rings. The first-order chi connectivity index (χ1) is 13.6. The lowest BCUT2D eigenvalue weighted by molar-refractivity contribution is -0.151. The van der Waals surface area contributed by atoms with Crippen LogP contribution in [0.25, 0.3) is 0 Å². The Morgan fingerprint density at radius 3 is 1.96 bits per heavy atom. The third-order valence-electron chi connectivity index (χ3n) is 4.95. The van der Waals surface area contributed by atoms with E-state index in [1.807, 2.05) is 6.08 Å². The fourth-order valence-corrected chi connectivity index (χ4v) is 3.18. The molecular weight excluding hydrogens is 352 g/mol. The minimum Gasteiger partial charge on any atom is -0.481 e. The summed E-state index contributed by atoms with van der Waals surface area (Å²) in [5, 5.41) is 9.21. The minimum absolute atomic E-state index is 0.0738. The molecule has 0 fully saturated rings. The summed E-state index contributed by atoms with van der Waals surface area (Å²) in [6.45, 7) is 5.85. The molecule has 0 aliphatic rings. The summed E-state index contributed by atoms with van der Waals surface area (Å²) in [6.07, 6.45) is 22.6. The third-order valence-corrected chi connectivity index (χ3v) is 4.95. The Balaban J connectivity index is 3.58. The van der Waals surface area contributed by atoms with Gasteiger partial charge in [-0.15, -0.1) is 0 Å². The average molecular weight is 395 g/mol. The van der Waals surface area contributed by atoms with Crippen LogP contribution in [-0.4, -0.2) is 23.7 Å². The van der Waals surface area contributed by atoms with Crippen molar-refractivity contribution in [2.75, 3.05) is 6.61 Å². The van der Waals surface area contributed by atoms with Crippen LogP contribution in [0.3, 0.4) is 0 Å². The van der Waals surface area contributed by atoms with Crippen molar-refractivity contribution in [3.63, 3.8) is 0 Å². The van der Waals surface area contributed by atoms with Crippen LogP contribution in [0.1, 0.15) is 103 Å². The maximum absolute atomic E-state index is 11.5. The third kappa shape index (κ3) is 17.8. The van der Waals surface area contributed by atoms with Gasteiger partial charge in [0.05, 0.1) is 12.3 Å². The number of hydrogen-bond donors (Lipinski definition) is 1. The zero-order valence-corrected chi connectivity index (χ0v) is 18.0. The van der Waals surface area contributed by atoms with Gasteiger partial charge >= 0.3 is 11.9 Å². The second-order valence-corrected chi connectivity index (χ2v) is 7.58. The van der Waals surface area contributed by atoms with Gasteiger partial charge in [0.15, 0.2) is 0 Å². The molecule has 1 unspecified atom stereocenters. The van der Waals surface area contributed by atoms with Gasteiger partial charge < -0.3 is 9.84 Å². The lowest BCUT2D eigenvalue weighted by Gasteiger charge is -2.10. The zero-order chi connectivity index (χ0) is 20.9. The predicted molar refractivity (Wildman–Crippen MR) is 116 cm³/mol. The highest BCUT2D eigenvalue weighted by atomic mass is 16.5. The average Bonchev–Trinajstić information content (AvgIpc) is 2.68. The van der Waals surface area contributed by atoms with Crippen molar-refractivity contribution >= 4 is 11.9 Å². The molecule has 0 heterocycles. The van der Waals surface area contributed by atoms with Crippen LogP contribution in [0.15, 0.2) is 24.8 Å². The summed E-state index contributed by atoms with van der Waals surface area (Å²) in [6, 6.07) is 0. The van der Waals surface area contributed by atoms with E-state index in [1.165, 1.54) is 76.7 Å². The van der Waals surface area contributed by atoms with Crippen molar-refractivity contribution in [3.8, 4) is 0 Å². The lowest BCUT2D eigenvalue weighted by atomic mass is 9.99. The minimum atomic E-state index is -0.936. The molecule has 0 aromatic carbocycles. The zero-order valence-electron chi connectivity index (χ0n) is 18.0. The number of allylic oxidation sites excluding steroid dienone is 2. The summed E-state index contributed by atoms with van der Waals surface area (Å²) in [5.41, 5.74) is 0. The molecule has 0 rings (SSSR count). The number of carbonyl (C=O) groups excluding carboxylic acids is 1. The summed E-state index contributed by atoms with van der Waals surface area (Å²) < 4.78 is 4.86. The molecule has 0 saturated carbocycles. The van der Waals surface area contributed by atoms with Crippen molar-refractivity contribution in [2.24, 2.45) is 5.92 Å². The second kappa shape index (κ2) is 20.2. The first-order valence-electron chi connectivity index (χ1n) is 11.3. The Morgan fingerprint density at radius 1 is 0.893 bits per heavy atom. The van der Waals surface area contributed by atoms with E-state index >= 15 is 0 Å². The summed E-state index contributed by atoms with van der Waals surface area (Å²) in [5.74, 6) is -2.09. The monoisotopic (exact) mass is 394 g/mol. The van der Waals surface area contributed by atoms with Crippen LogP contribution in [-0.2, 0) is 14.3 Å². The van der Waals surface area contributed by atoms with Gasteiger partial charge in [-0.05, 0) is 25.7 Å². The van der Waals surface area contributed by atoms with E-state index in [4.69, 9.17) is 4.74 Å². The van der Waals surface area contributed by atoms with Crippen molar-refractivity contribution < 1.29 is 19.4 Å². The molecule has 4 heteroatoms. The Labute approximate surface area is 172 Å². The summed E-state index contributed by atoms with van der Waals surface area (Å²) >= 11 is 0. The molecule has 162 valence electrons. The molecule has 1 atom stereocenters. The molecule has 4 nitrogen and oxygen atoms in total. The standard InChI is InChI=1S/C24H42O4/c1-3-5-6-7-8-9-10-11-12-13-14-15-16-17-18-19-22(24(26)27)21-23(25)28-20-4-2/h4,16-17,22H,2-3,5-15,18-21H2,1H3,(H,26,27)/b17-16+. The van der Waals surface area contributed by atoms with Gasteiger partial charge in [0.1, 0.15) is 6.61 Å². The molecule has 0 bridgehead atoms. The number of unbranched alkanes of at least 4 members (excludes halogenated alkanes) is 11. The molecule has 0 spiro atoms. The molecule has 0 saturated heterocycles. The maximum atomic E-state index is 11.5. The topological polar surface area (TPSA) is 63.6 Å². The van der Waals surface area contributed by atoms with Gasteiger partial charge in [0.2, 0.25) is 0 Å². The number of aliphatic carboxylic acids is 1. The highest BCUT2D eigenvalue weighted by Crippen LogP contribution is 2.15. The number of carbonyl (C=O) groups is 2. The molecule has 0 radical (unpaired) electrons. The normalized spacial score (nSPS) is 12.2. The smallest absolute Gasteiger partial charge is 0.307 e. The Morgan fingerprint density at radius 2 is 1.43 bits per heavy atom. The first kappa shape index (κ1) is 26.4. The van der Waals surface area contributed by atoms with E-state index in [-0.39, 0.29) is 13.0 Å². The Hall–Kier alpha value is -1.58. The van der Waals surface area contributed by atoms with E-state index in [2.05, 4.69) is 19.6 Å². The van der Waals surface area contributed by atoms with Crippen molar-refractivity contribution in [2.45, 2.75) is 103 Å². The lowest BCUT2D eigenvalue weighted by Crippen LogP contribution is -2.19. The van der Waals surface area contributed by atoms with Crippen LogP contribution in [0.5, 0.6) is 0 Å². The molecule has 0 aliphatic carbocycles. The molecule has 0 aliphatic heterocycles. The quantitative estimate of drug-likeness (QED) is 0.139. The van der Waals surface area contributed by atoms with Crippen LogP contribution < -0.4 is 0 Å². The molecular formula is C24H42O4. The second-order valence-electron chi connectivity index (χ2n) is 7.58. The number of ether oxygens (including phenoxy) is 1. The number of esters is 1. The molecule has 1 N–H and O–H groups in total. The van der Waals surface area contributed by atoms with Gasteiger partial charge in [-0.25, -0.2) is 0 Å². The van der Waals surface area contributed by atoms with Crippen LogP contribution in [0.2, 0.25) is 0 Å². The molecule has 0 amide bonds. The van der Waals surface area contributed by atoms with E-state index < -0.39 is 17.9 Å². The number of rotatable bonds is 20. The highest BCUT2D eigenvalue weighted by Gasteiger charge is 2.21. The van der Waals surface area contributed by atoms with Crippen molar-refractivity contribution in [1.29, 1.82) is 0 Å². The fraction of sp³-hybridized carbons (Fsp3) is 0.750.